The minimum atomic E-state index is -0.673. The number of hydrogen-bond acceptors (Lipinski definition) is 4. The molecule has 2 N–H and O–H groups in total. The second-order valence-corrected chi connectivity index (χ2v) is 7.57. The van der Waals surface area contributed by atoms with Gasteiger partial charge in [0.2, 0.25) is 0 Å². The highest BCUT2D eigenvalue weighted by atomic mass is 16.3. The van der Waals surface area contributed by atoms with Crippen LogP contribution >= 0.6 is 0 Å². The number of aliphatic imine (C=N–C) groups is 2. The fraction of sp³-hybridized carbons (Fsp3) is 0.286. The largest absolute Gasteiger partial charge is 0.394 e. The number of aryl methyl sites for hydroxylation is 1. The number of hydrogen-bond donors (Lipinski definition) is 2. The average Bonchev–Trinajstić information content (AvgIpc) is 3.25. The van der Waals surface area contributed by atoms with Crippen molar-refractivity contribution in [3.63, 3.8) is 0 Å². The summed E-state index contributed by atoms with van der Waals surface area (Å²) in [6.45, 7) is 3.45. The van der Waals surface area contributed by atoms with Crippen molar-refractivity contribution in [2.45, 2.75) is 25.8 Å². The van der Waals surface area contributed by atoms with E-state index in [4.69, 9.17) is 4.99 Å². The molecule has 0 unspecified atom stereocenters. The molecule has 27 heavy (non-hydrogen) atoms. The van der Waals surface area contributed by atoms with Gasteiger partial charge in [0.15, 0.2) is 5.84 Å². The standard InChI is InChI=1S/C21H22N4O2/c1-21(2,12-26)24-20(27)14-5-7-18-15(10-14)16(11-25(18)3)17-6-4-13-8-9-22-19(13)23-17/h4-5,7-11,26H,6,12H2,1-3H3,(H,24,27). The van der Waals surface area contributed by atoms with Crippen molar-refractivity contribution in [3.05, 3.63) is 59.4 Å². The van der Waals surface area contributed by atoms with Crippen LogP contribution in [0.25, 0.3) is 10.9 Å². The topological polar surface area (TPSA) is 79.0 Å². The molecule has 1 aromatic carbocycles. The third kappa shape index (κ3) is 3.13. The zero-order valence-electron chi connectivity index (χ0n) is 15.7. The van der Waals surface area contributed by atoms with Gasteiger partial charge in [-0.1, -0.05) is 6.08 Å². The van der Waals surface area contributed by atoms with Crippen LogP contribution in [0.5, 0.6) is 0 Å². The number of aromatic nitrogens is 1. The first-order valence-corrected chi connectivity index (χ1v) is 8.93. The third-order valence-corrected chi connectivity index (χ3v) is 4.88. The van der Waals surface area contributed by atoms with Gasteiger partial charge in [0.05, 0.1) is 17.9 Å². The molecule has 2 aliphatic heterocycles. The van der Waals surface area contributed by atoms with Crippen molar-refractivity contribution < 1.29 is 9.90 Å². The van der Waals surface area contributed by atoms with Crippen LogP contribution in [0.15, 0.2) is 58.3 Å². The number of aliphatic hydroxyl groups excluding tert-OH is 1. The Labute approximate surface area is 157 Å². The Hall–Kier alpha value is -2.99. The molecule has 1 amide bonds. The van der Waals surface area contributed by atoms with E-state index in [1.54, 1.807) is 26.1 Å². The minimum absolute atomic E-state index is 0.126. The van der Waals surface area contributed by atoms with Crippen LogP contribution in [0.3, 0.4) is 0 Å². The molecule has 6 heteroatoms. The molecule has 0 bridgehead atoms. The lowest BCUT2D eigenvalue weighted by Gasteiger charge is -2.23. The lowest BCUT2D eigenvalue weighted by molar-refractivity contribution is 0.0869. The molecule has 0 saturated carbocycles. The van der Waals surface area contributed by atoms with E-state index >= 15 is 0 Å². The Morgan fingerprint density at radius 2 is 2.19 bits per heavy atom. The molecule has 0 saturated heterocycles. The summed E-state index contributed by atoms with van der Waals surface area (Å²) in [6, 6.07) is 5.64. The van der Waals surface area contributed by atoms with E-state index in [2.05, 4.69) is 16.4 Å². The maximum atomic E-state index is 12.6. The highest BCUT2D eigenvalue weighted by Gasteiger charge is 2.22. The number of carbonyl (C=O) groups is 1. The zero-order valence-corrected chi connectivity index (χ0v) is 15.7. The fourth-order valence-corrected chi connectivity index (χ4v) is 3.32. The molecule has 6 nitrogen and oxygen atoms in total. The molecule has 4 rings (SSSR count). The van der Waals surface area contributed by atoms with E-state index in [0.717, 1.165) is 40.0 Å². The van der Waals surface area contributed by atoms with Crippen molar-refractivity contribution in [3.8, 4) is 0 Å². The maximum absolute atomic E-state index is 12.6. The highest BCUT2D eigenvalue weighted by Crippen LogP contribution is 2.27. The average molecular weight is 362 g/mol. The number of carbonyl (C=O) groups excluding carboxylic acids is 1. The molecule has 1 aromatic heterocycles. The molecule has 0 atom stereocenters. The van der Waals surface area contributed by atoms with Gasteiger partial charge in [0.25, 0.3) is 5.91 Å². The van der Waals surface area contributed by atoms with Crippen LogP contribution < -0.4 is 5.32 Å². The molecule has 0 spiro atoms. The molecule has 138 valence electrons. The summed E-state index contributed by atoms with van der Waals surface area (Å²) < 4.78 is 2.04. The Kier molecular flexibility index (Phi) is 4.08. The van der Waals surface area contributed by atoms with Gasteiger partial charge in [-0.25, -0.2) is 9.98 Å². The van der Waals surface area contributed by atoms with Crippen LogP contribution in [-0.4, -0.2) is 39.3 Å². The number of aliphatic hydroxyl groups is 1. The van der Waals surface area contributed by atoms with E-state index in [1.165, 1.54) is 0 Å². The summed E-state index contributed by atoms with van der Waals surface area (Å²) in [5, 5.41) is 13.2. The van der Waals surface area contributed by atoms with E-state index < -0.39 is 5.54 Å². The van der Waals surface area contributed by atoms with Crippen LogP contribution in [0, 0.1) is 0 Å². The van der Waals surface area contributed by atoms with Gasteiger partial charge in [-0.3, -0.25) is 4.79 Å². The summed E-state index contributed by atoms with van der Waals surface area (Å²) in [7, 11) is 1.99. The van der Waals surface area contributed by atoms with Crippen LogP contribution in [-0.2, 0) is 7.05 Å². The molecular formula is C21H22N4O2. The first-order valence-electron chi connectivity index (χ1n) is 8.93. The second-order valence-electron chi connectivity index (χ2n) is 7.57. The van der Waals surface area contributed by atoms with Crippen molar-refractivity contribution in [2.24, 2.45) is 17.0 Å². The van der Waals surface area contributed by atoms with Crippen molar-refractivity contribution >= 4 is 28.4 Å². The molecule has 0 aliphatic carbocycles. The SMILES string of the molecule is Cn1cc(C2=NC3=NC=CC3=CC2)c2cc(C(=O)NC(C)(C)CO)ccc21. The number of amidine groups is 1. The van der Waals surface area contributed by atoms with Gasteiger partial charge in [0, 0.05) is 53.5 Å². The molecule has 2 aliphatic rings. The zero-order chi connectivity index (χ0) is 19.2. The molecule has 0 fully saturated rings. The molecule has 0 radical (unpaired) electrons. The number of fused-ring (bicyclic) bond motifs is 2. The predicted octanol–water partition coefficient (Wildman–Crippen LogP) is 2.72. The second kappa shape index (κ2) is 6.32. The highest BCUT2D eigenvalue weighted by molar-refractivity contribution is 6.21. The normalized spacial score (nSPS) is 16.1. The molecular weight excluding hydrogens is 340 g/mol. The Morgan fingerprint density at radius 3 is 2.96 bits per heavy atom. The molecule has 2 aromatic rings. The van der Waals surface area contributed by atoms with E-state index in [-0.39, 0.29) is 12.5 Å². The maximum Gasteiger partial charge on any atom is 0.251 e. The van der Waals surface area contributed by atoms with Gasteiger partial charge < -0.3 is 15.0 Å². The number of nitrogens with one attached hydrogen (secondary N) is 1. The summed E-state index contributed by atoms with van der Waals surface area (Å²) in [6.07, 6.45) is 8.63. The van der Waals surface area contributed by atoms with Gasteiger partial charge in [-0.15, -0.1) is 0 Å². The first-order chi connectivity index (χ1) is 12.9. The summed E-state index contributed by atoms with van der Waals surface area (Å²) >= 11 is 0. The third-order valence-electron chi connectivity index (χ3n) is 4.88. The van der Waals surface area contributed by atoms with Crippen molar-refractivity contribution in [1.82, 2.24) is 9.88 Å². The minimum Gasteiger partial charge on any atom is -0.394 e. The van der Waals surface area contributed by atoms with E-state index in [0.29, 0.717) is 5.56 Å². The van der Waals surface area contributed by atoms with Gasteiger partial charge >= 0.3 is 0 Å². The lowest BCUT2D eigenvalue weighted by atomic mass is 10.00. The smallest absolute Gasteiger partial charge is 0.251 e. The van der Waals surface area contributed by atoms with Crippen molar-refractivity contribution in [1.29, 1.82) is 0 Å². The number of benzene rings is 1. The predicted molar refractivity (Wildman–Crippen MR) is 107 cm³/mol. The Bertz CT molecular complexity index is 1070. The van der Waals surface area contributed by atoms with Gasteiger partial charge in [-0.05, 0) is 38.1 Å². The Balaban J connectivity index is 1.74. The summed E-state index contributed by atoms with van der Waals surface area (Å²) in [5.41, 5.74) is 3.93. The lowest BCUT2D eigenvalue weighted by Crippen LogP contribution is -2.46. The number of nitrogens with zero attached hydrogens (tertiary/aromatic N) is 3. The summed E-state index contributed by atoms with van der Waals surface area (Å²) in [4.78, 5) is 21.6. The first kappa shape index (κ1) is 17.4. The van der Waals surface area contributed by atoms with E-state index in [9.17, 15) is 9.90 Å². The summed E-state index contributed by atoms with van der Waals surface area (Å²) in [5.74, 6) is 0.537. The molecule has 3 heterocycles. The quantitative estimate of drug-likeness (QED) is 0.877. The number of allylic oxidation sites excluding steroid dienone is 1. The van der Waals surface area contributed by atoms with Crippen LogP contribution in [0.4, 0.5) is 0 Å². The monoisotopic (exact) mass is 362 g/mol. The van der Waals surface area contributed by atoms with Crippen LogP contribution in [0.1, 0.15) is 36.2 Å². The van der Waals surface area contributed by atoms with Gasteiger partial charge in [-0.2, -0.15) is 0 Å². The Morgan fingerprint density at radius 1 is 1.37 bits per heavy atom. The van der Waals surface area contributed by atoms with Gasteiger partial charge in [0.1, 0.15) is 0 Å². The van der Waals surface area contributed by atoms with E-state index in [1.807, 2.05) is 36.0 Å². The number of rotatable bonds is 4. The number of amides is 1. The number of dihydropyridines is 1. The van der Waals surface area contributed by atoms with Crippen LogP contribution in [0.2, 0.25) is 0 Å². The fourth-order valence-electron chi connectivity index (χ4n) is 3.32. The van der Waals surface area contributed by atoms with Crippen molar-refractivity contribution in [2.75, 3.05) is 6.61 Å².